The van der Waals surface area contributed by atoms with E-state index < -0.39 is 0 Å². The summed E-state index contributed by atoms with van der Waals surface area (Å²) in [7, 11) is 0. The van der Waals surface area contributed by atoms with Crippen molar-refractivity contribution in [1.29, 1.82) is 0 Å². The Balaban J connectivity index is 2.25. The molecule has 0 spiro atoms. The molecule has 5 heteroatoms. The number of benzene rings is 1. The van der Waals surface area contributed by atoms with E-state index in [1.807, 2.05) is 23.6 Å². The average Bonchev–Trinajstić information content (AvgIpc) is 2.94. The van der Waals surface area contributed by atoms with Crippen molar-refractivity contribution in [3.05, 3.63) is 52.9 Å². The Labute approximate surface area is 108 Å². The molecule has 0 aliphatic carbocycles. The molecule has 2 aromatic heterocycles. The van der Waals surface area contributed by atoms with Crippen LogP contribution in [0.4, 0.5) is 4.39 Å². The van der Waals surface area contributed by atoms with E-state index >= 15 is 0 Å². The Bertz CT molecular complexity index is 742. The molecule has 1 unspecified atom stereocenters. The van der Waals surface area contributed by atoms with Gasteiger partial charge in [0.1, 0.15) is 11.6 Å². The molecule has 1 N–H and O–H groups in total. The minimum absolute atomic E-state index is 0.0805. The Kier molecular flexibility index (Phi) is 2.56. The smallest absolute Gasteiger partial charge is 0.178 e. The highest BCUT2D eigenvalue weighted by Gasteiger charge is 2.15. The first-order valence-electron chi connectivity index (χ1n) is 5.60. The average molecular weight is 262 g/mol. The second kappa shape index (κ2) is 4.10. The fourth-order valence-corrected chi connectivity index (χ4v) is 2.50. The number of hydrogen-bond acceptors (Lipinski definition) is 2. The van der Waals surface area contributed by atoms with Crippen molar-refractivity contribution in [2.75, 3.05) is 0 Å². The Morgan fingerprint density at radius 3 is 2.94 bits per heavy atom. The van der Waals surface area contributed by atoms with Crippen LogP contribution < -0.4 is 0 Å². The summed E-state index contributed by atoms with van der Waals surface area (Å²) in [4.78, 5) is 3.07. The zero-order valence-corrected chi connectivity index (χ0v) is 10.5. The number of halogens is 1. The third kappa shape index (κ3) is 1.67. The van der Waals surface area contributed by atoms with Crippen LogP contribution in [0.5, 0.6) is 0 Å². The molecule has 0 saturated heterocycles. The molecule has 0 bridgehead atoms. The highest BCUT2D eigenvalue weighted by molar-refractivity contribution is 7.71. The minimum atomic E-state index is -0.281. The number of nitrogens with zero attached hydrogens (tertiary/aromatic N) is 1. The molecule has 0 radical (unpaired) electrons. The van der Waals surface area contributed by atoms with Gasteiger partial charge >= 0.3 is 0 Å². The van der Waals surface area contributed by atoms with Gasteiger partial charge in [-0.3, -0.25) is 0 Å². The molecule has 0 saturated carbocycles. The van der Waals surface area contributed by atoms with E-state index in [2.05, 4.69) is 4.98 Å². The molecule has 18 heavy (non-hydrogen) atoms. The lowest BCUT2D eigenvalue weighted by molar-refractivity contribution is 0.449. The van der Waals surface area contributed by atoms with Crippen molar-refractivity contribution in [1.82, 2.24) is 9.55 Å². The summed E-state index contributed by atoms with van der Waals surface area (Å²) in [6, 6.07) is 8.20. The van der Waals surface area contributed by atoms with E-state index in [1.54, 1.807) is 12.3 Å². The normalized spacial score (nSPS) is 13.0. The molecule has 2 heterocycles. The Morgan fingerprint density at radius 2 is 2.22 bits per heavy atom. The van der Waals surface area contributed by atoms with Gasteiger partial charge in [-0.2, -0.15) is 0 Å². The molecular weight excluding hydrogens is 251 g/mol. The highest BCUT2D eigenvalue weighted by atomic mass is 32.1. The van der Waals surface area contributed by atoms with Crippen LogP contribution in [-0.4, -0.2) is 9.55 Å². The maximum absolute atomic E-state index is 13.3. The van der Waals surface area contributed by atoms with E-state index in [1.165, 1.54) is 12.1 Å². The van der Waals surface area contributed by atoms with Crippen molar-refractivity contribution in [3.63, 3.8) is 0 Å². The standard InChI is InChI=1S/C13H11FN2OS/c1-8(12-3-2-6-17-12)16-11-7-9(14)4-5-10(11)15-13(16)18/h2-8H,1H3,(H,15,18). The summed E-state index contributed by atoms with van der Waals surface area (Å²) < 4.78 is 21.1. The summed E-state index contributed by atoms with van der Waals surface area (Å²) in [5, 5.41) is 0. The zero-order valence-electron chi connectivity index (χ0n) is 9.68. The summed E-state index contributed by atoms with van der Waals surface area (Å²) >= 11 is 5.29. The maximum atomic E-state index is 13.3. The fraction of sp³-hybridized carbons (Fsp3) is 0.154. The van der Waals surface area contributed by atoms with Crippen LogP contribution >= 0.6 is 12.2 Å². The van der Waals surface area contributed by atoms with Crippen LogP contribution in [0.2, 0.25) is 0 Å². The number of nitrogens with one attached hydrogen (secondary N) is 1. The number of imidazole rings is 1. The predicted octanol–water partition coefficient (Wildman–Crippen LogP) is 4.04. The van der Waals surface area contributed by atoms with Crippen LogP contribution in [0.1, 0.15) is 18.7 Å². The first kappa shape index (κ1) is 11.2. The summed E-state index contributed by atoms with van der Waals surface area (Å²) in [6.45, 7) is 1.97. The third-order valence-electron chi connectivity index (χ3n) is 3.02. The Hall–Kier alpha value is -1.88. The Morgan fingerprint density at radius 1 is 1.39 bits per heavy atom. The first-order valence-corrected chi connectivity index (χ1v) is 6.01. The number of fused-ring (bicyclic) bond motifs is 1. The van der Waals surface area contributed by atoms with Crippen LogP contribution in [-0.2, 0) is 0 Å². The van der Waals surface area contributed by atoms with E-state index in [0.717, 1.165) is 16.8 Å². The molecular formula is C13H11FN2OS. The van der Waals surface area contributed by atoms with Gasteiger partial charge in [0.25, 0.3) is 0 Å². The van der Waals surface area contributed by atoms with Crippen LogP contribution in [0.15, 0.2) is 41.0 Å². The lowest BCUT2D eigenvalue weighted by Gasteiger charge is -2.11. The number of H-pyrrole nitrogens is 1. The van der Waals surface area contributed by atoms with Crippen molar-refractivity contribution >= 4 is 23.3 Å². The number of hydrogen-bond donors (Lipinski definition) is 1. The SMILES string of the molecule is CC(c1ccco1)n1c(=S)[nH]c2ccc(F)cc21. The maximum Gasteiger partial charge on any atom is 0.178 e. The lowest BCUT2D eigenvalue weighted by atomic mass is 10.2. The summed E-state index contributed by atoms with van der Waals surface area (Å²) in [5.41, 5.74) is 1.56. The molecule has 3 nitrogen and oxygen atoms in total. The van der Waals surface area contributed by atoms with Crippen molar-refractivity contribution in [2.45, 2.75) is 13.0 Å². The largest absolute Gasteiger partial charge is 0.467 e. The summed E-state index contributed by atoms with van der Waals surface area (Å²) in [6.07, 6.45) is 1.62. The summed E-state index contributed by atoms with van der Waals surface area (Å²) in [5.74, 6) is 0.508. The molecule has 0 fully saturated rings. The molecule has 0 aliphatic heterocycles. The van der Waals surface area contributed by atoms with Gasteiger partial charge in [-0.25, -0.2) is 4.39 Å². The van der Waals surface area contributed by atoms with E-state index in [9.17, 15) is 4.39 Å². The minimum Gasteiger partial charge on any atom is -0.467 e. The molecule has 0 aliphatic rings. The number of furan rings is 1. The van der Waals surface area contributed by atoms with Gasteiger partial charge in [-0.1, -0.05) is 0 Å². The quantitative estimate of drug-likeness (QED) is 0.707. The van der Waals surface area contributed by atoms with Crippen LogP contribution in [0, 0.1) is 10.6 Å². The van der Waals surface area contributed by atoms with Gasteiger partial charge in [0.15, 0.2) is 4.77 Å². The topological polar surface area (TPSA) is 33.9 Å². The van der Waals surface area contributed by atoms with E-state index in [0.29, 0.717) is 4.77 Å². The van der Waals surface area contributed by atoms with Gasteiger partial charge in [-0.05, 0) is 49.5 Å². The number of aromatic amines is 1. The second-order valence-corrected chi connectivity index (χ2v) is 4.54. The van der Waals surface area contributed by atoms with E-state index in [-0.39, 0.29) is 11.9 Å². The van der Waals surface area contributed by atoms with Crippen molar-refractivity contribution in [2.24, 2.45) is 0 Å². The van der Waals surface area contributed by atoms with Gasteiger partial charge in [0, 0.05) is 0 Å². The third-order valence-corrected chi connectivity index (χ3v) is 3.32. The van der Waals surface area contributed by atoms with E-state index in [4.69, 9.17) is 16.6 Å². The van der Waals surface area contributed by atoms with Crippen molar-refractivity contribution in [3.8, 4) is 0 Å². The zero-order chi connectivity index (χ0) is 12.7. The number of aromatic nitrogens is 2. The fourth-order valence-electron chi connectivity index (χ4n) is 2.14. The number of rotatable bonds is 2. The van der Waals surface area contributed by atoms with Gasteiger partial charge in [0.2, 0.25) is 0 Å². The predicted molar refractivity (Wildman–Crippen MR) is 69.6 cm³/mol. The molecule has 1 aromatic carbocycles. The van der Waals surface area contributed by atoms with Crippen molar-refractivity contribution < 1.29 is 8.81 Å². The monoisotopic (exact) mass is 262 g/mol. The van der Waals surface area contributed by atoms with Crippen LogP contribution in [0.25, 0.3) is 11.0 Å². The van der Waals surface area contributed by atoms with Gasteiger partial charge in [-0.15, -0.1) is 0 Å². The molecule has 0 amide bonds. The molecule has 3 rings (SSSR count). The van der Waals surface area contributed by atoms with Gasteiger partial charge in [0.05, 0.1) is 23.3 Å². The van der Waals surface area contributed by atoms with Gasteiger partial charge < -0.3 is 14.0 Å². The van der Waals surface area contributed by atoms with Crippen LogP contribution in [0.3, 0.4) is 0 Å². The highest BCUT2D eigenvalue weighted by Crippen LogP contribution is 2.25. The molecule has 92 valence electrons. The molecule has 1 atom stereocenters. The first-order chi connectivity index (χ1) is 8.66. The molecule has 3 aromatic rings. The lowest BCUT2D eigenvalue weighted by Crippen LogP contribution is -2.05. The second-order valence-electron chi connectivity index (χ2n) is 4.15.